The van der Waals surface area contributed by atoms with E-state index in [0.29, 0.717) is 31.0 Å². The van der Waals surface area contributed by atoms with Crippen LogP contribution >= 0.6 is 23.4 Å². The number of anilines is 1. The quantitative estimate of drug-likeness (QED) is 0.499. The number of halogens is 1. The van der Waals surface area contributed by atoms with Gasteiger partial charge in [-0.25, -0.2) is 0 Å². The number of amides is 2. The van der Waals surface area contributed by atoms with Crippen LogP contribution in [0.3, 0.4) is 0 Å². The molecule has 0 unspecified atom stereocenters. The van der Waals surface area contributed by atoms with Gasteiger partial charge in [0.05, 0.1) is 5.75 Å². The Morgan fingerprint density at radius 3 is 2.35 bits per heavy atom. The molecule has 0 N–H and O–H groups in total. The smallest absolute Gasteiger partial charge is 0.253 e. The number of thioether (sulfide) groups is 1. The van der Waals surface area contributed by atoms with Crippen LogP contribution in [-0.2, 0) is 11.3 Å². The number of piperazine rings is 1. The summed E-state index contributed by atoms with van der Waals surface area (Å²) in [6.07, 6.45) is 0. The van der Waals surface area contributed by atoms with Gasteiger partial charge in [0.25, 0.3) is 5.91 Å². The highest BCUT2D eigenvalue weighted by atomic mass is 35.5. The topological polar surface area (TPSA) is 43.9 Å². The van der Waals surface area contributed by atoms with Crippen LogP contribution < -0.4 is 4.90 Å². The molecule has 0 radical (unpaired) electrons. The lowest BCUT2D eigenvalue weighted by molar-refractivity contribution is -0.128. The van der Waals surface area contributed by atoms with Crippen molar-refractivity contribution in [3.05, 3.63) is 101 Å². The van der Waals surface area contributed by atoms with E-state index in [1.807, 2.05) is 82.6 Å². The largest absolute Gasteiger partial charge is 0.368 e. The Labute approximate surface area is 209 Å². The molecule has 2 aliphatic rings. The molecule has 1 atom stereocenters. The predicted octanol–water partition coefficient (Wildman–Crippen LogP) is 5.08. The maximum absolute atomic E-state index is 13.1. The fourth-order valence-electron chi connectivity index (χ4n) is 4.49. The Kier molecular flexibility index (Phi) is 6.79. The number of hydrogen-bond donors (Lipinski definition) is 0. The normalized spacial score (nSPS) is 18.4. The van der Waals surface area contributed by atoms with Crippen LogP contribution in [0.5, 0.6) is 0 Å². The molecule has 0 aromatic heterocycles. The molecule has 0 spiro atoms. The summed E-state index contributed by atoms with van der Waals surface area (Å²) in [6.45, 7) is 3.49. The first-order chi connectivity index (χ1) is 16.6. The van der Waals surface area contributed by atoms with Gasteiger partial charge in [-0.15, -0.1) is 11.8 Å². The van der Waals surface area contributed by atoms with Gasteiger partial charge in [0.1, 0.15) is 5.37 Å². The fraction of sp³-hybridized carbons (Fsp3) is 0.259. The molecule has 2 amide bonds. The van der Waals surface area contributed by atoms with E-state index in [-0.39, 0.29) is 17.2 Å². The third kappa shape index (κ3) is 4.93. The van der Waals surface area contributed by atoms with Crippen molar-refractivity contribution in [1.82, 2.24) is 9.80 Å². The van der Waals surface area contributed by atoms with Crippen LogP contribution in [0.4, 0.5) is 5.69 Å². The second-order valence-corrected chi connectivity index (χ2v) is 10.1. The van der Waals surface area contributed by atoms with E-state index in [0.717, 1.165) is 34.9 Å². The van der Waals surface area contributed by atoms with E-state index in [4.69, 9.17) is 11.6 Å². The summed E-state index contributed by atoms with van der Waals surface area (Å²) in [7, 11) is 0. The molecule has 5 rings (SSSR count). The molecule has 174 valence electrons. The minimum atomic E-state index is -0.0295. The maximum Gasteiger partial charge on any atom is 0.253 e. The minimum absolute atomic E-state index is 0.0295. The monoisotopic (exact) mass is 491 g/mol. The summed E-state index contributed by atoms with van der Waals surface area (Å²) in [4.78, 5) is 31.7. The zero-order valence-corrected chi connectivity index (χ0v) is 20.3. The number of nitrogens with zero attached hydrogens (tertiary/aromatic N) is 3. The van der Waals surface area contributed by atoms with E-state index in [2.05, 4.69) is 11.0 Å². The van der Waals surface area contributed by atoms with Gasteiger partial charge in [0.15, 0.2) is 0 Å². The van der Waals surface area contributed by atoms with E-state index < -0.39 is 0 Å². The third-order valence-corrected chi connectivity index (χ3v) is 7.84. The second-order valence-electron chi connectivity index (χ2n) is 8.55. The van der Waals surface area contributed by atoms with Crippen molar-refractivity contribution >= 4 is 40.9 Å². The molecule has 3 aromatic rings. The molecule has 2 aliphatic heterocycles. The molecule has 3 aromatic carbocycles. The zero-order valence-electron chi connectivity index (χ0n) is 18.8. The Morgan fingerprint density at radius 2 is 1.65 bits per heavy atom. The van der Waals surface area contributed by atoms with Crippen molar-refractivity contribution in [2.24, 2.45) is 0 Å². The van der Waals surface area contributed by atoms with Crippen LogP contribution in [0.2, 0.25) is 5.02 Å². The zero-order chi connectivity index (χ0) is 23.5. The molecule has 0 saturated carbocycles. The molecule has 2 fully saturated rings. The first-order valence-corrected chi connectivity index (χ1v) is 12.9. The van der Waals surface area contributed by atoms with Crippen molar-refractivity contribution in [1.29, 1.82) is 0 Å². The van der Waals surface area contributed by atoms with Crippen LogP contribution in [0.15, 0.2) is 78.9 Å². The van der Waals surface area contributed by atoms with Gasteiger partial charge in [-0.2, -0.15) is 0 Å². The lowest BCUT2D eigenvalue weighted by atomic mass is 10.1. The summed E-state index contributed by atoms with van der Waals surface area (Å²) in [5.74, 6) is 0.680. The van der Waals surface area contributed by atoms with E-state index in [1.54, 1.807) is 11.8 Å². The molecule has 5 nitrogen and oxygen atoms in total. The van der Waals surface area contributed by atoms with E-state index in [9.17, 15) is 9.59 Å². The Balaban J connectivity index is 1.22. The van der Waals surface area contributed by atoms with Crippen molar-refractivity contribution in [3.63, 3.8) is 0 Å². The van der Waals surface area contributed by atoms with E-state index >= 15 is 0 Å². The Hall–Kier alpha value is -2.96. The lowest BCUT2D eigenvalue weighted by Crippen LogP contribution is -2.48. The van der Waals surface area contributed by atoms with Crippen LogP contribution in [0.1, 0.15) is 26.9 Å². The van der Waals surface area contributed by atoms with Gasteiger partial charge in [-0.05, 0) is 41.5 Å². The van der Waals surface area contributed by atoms with Crippen LogP contribution in [-0.4, -0.2) is 53.5 Å². The third-order valence-electron chi connectivity index (χ3n) is 6.35. The molecular formula is C27H26ClN3O2S. The number of carbonyl (C=O) groups is 2. The Bertz CT molecular complexity index is 1160. The first kappa shape index (κ1) is 22.8. The van der Waals surface area contributed by atoms with Crippen LogP contribution in [0.25, 0.3) is 0 Å². The maximum atomic E-state index is 13.1. The minimum Gasteiger partial charge on any atom is -0.368 e. The van der Waals surface area contributed by atoms with Crippen molar-refractivity contribution in [2.75, 3.05) is 36.8 Å². The van der Waals surface area contributed by atoms with Gasteiger partial charge in [-0.3, -0.25) is 9.59 Å². The van der Waals surface area contributed by atoms with Gasteiger partial charge >= 0.3 is 0 Å². The van der Waals surface area contributed by atoms with Crippen molar-refractivity contribution < 1.29 is 9.59 Å². The molecular weight excluding hydrogens is 466 g/mol. The summed E-state index contributed by atoms with van der Waals surface area (Å²) in [5, 5.41) is 0.693. The Morgan fingerprint density at radius 1 is 0.912 bits per heavy atom. The van der Waals surface area contributed by atoms with Gasteiger partial charge in [-0.1, -0.05) is 60.1 Å². The van der Waals surface area contributed by atoms with Gasteiger partial charge < -0.3 is 14.7 Å². The predicted molar refractivity (Wildman–Crippen MR) is 138 cm³/mol. The lowest BCUT2D eigenvalue weighted by Gasteiger charge is -2.36. The number of hydrogen-bond acceptors (Lipinski definition) is 4. The molecule has 7 heteroatoms. The summed E-state index contributed by atoms with van der Waals surface area (Å²) in [5.41, 5.74) is 3.94. The molecule has 0 bridgehead atoms. The highest BCUT2D eigenvalue weighted by molar-refractivity contribution is 8.00. The first-order valence-electron chi connectivity index (χ1n) is 11.4. The number of benzene rings is 3. The van der Waals surface area contributed by atoms with Gasteiger partial charge in [0.2, 0.25) is 5.91 Å². The SMILES string of the molecule is O=C(c1ccc([C@H]2SCC(=O)N2Cc2ccccc2)cc1)N1CCN(c2cccc(Cl)c2)CC1. The summed E-state index contributed by atoms with van der Waals surface area (Å²) in [6, 6.07) is 25.7. The highest BCUT2D eigenvalue weighted by Gasteiger charge is 2.33. The number of carbonyl (C=O) groups excluding carboxylic acids is 2. The van der Waals surface area contributed by atoms with Gasteiger partial charge in [0, 0.05) is 49.0 Å². The summed E-state index contributed by atoms with van der Waals surface area (Å²) < 4.78 is 0. The van der Waals surface area contributed by atoms with Crippen LogP contribution in [0, 0.1) is 0 Å². The summed E-state index contributed by atoms with van der Waals surface area (Å²) >= 11 is 7.76. The molecule has 2 heterocycles. The average molecular weight is 492 g/mol. The van der Waals surface area contributed by atoms with Crippen molar-refractivity contribution in [2.45, 2.75) is 11.9 Å². The van der Waals surface area contributed by atoms with Crippen molar-refractivity contribution in [3.8, 4) is 0 Å². The van der Waals surface area contributed by atoms with E-state index in [1.165, 1.54) is 0 Å². The second kappa shape index (κ2) is 10.1. The molecule has 34 heavy (non-hydrogen) atoms. The fourth-order valence-corrected chi connectivity index (χ4v) is 5.87. The average Bonchev–Trinajstić information content (AvgIpc) is 3.24. The highest BCUT2D eigenvalue weighted by Crippen LogP contribution is 2.39. The number of rotatable bonds is 5. The standard InChI is InChI=1S/C27H26ClN3O2S/c28-23-7-4-8-24(17-23)29-13-15-30(16-14-29)26(33)21-9-11-22(12-10-21)27-31(25(32)19-34-27)18-20-5-2-1-3-6-20/h1-12,17,27H,13-16,18-19H2/t27-/m1/s1. The molecule has 2 saturated heterocycles. The molecule has 0 aliphatic carbocycles.